The molecule has 2 nitrogen and oxygen atoms in total. The van der Waals surface area contributed by atoms with E-state index >= 15 is 0 Å². The average Bonchev–Trinajstić information content (AvgIpc) is 2.55. The third kappa shape index (κ3) is 2.59. The summed E-state index contributed by atoms with van der Waals surface area (Å²) in [5, 5.41) is 3.24. The maximum atomic E-state index is 5.42. The summed E-state index contributed by atoms with van der Waals surface area (Å²) in [5.41, 5.74) is 0.117. The van der Waals surface area contributed by atoms with Gasteiger partial charge >= 0.3 is 0 Å². The van der Waals surface area contributed by atoms with Crippen molar-refractivity contribution in [3.8, 4) is 0 Å². The highest BCUT2D eigenvalue weighted by molar-refractivity contribution is 5.11. The van der Waals surface area contributed by atoms with Gasteiger partial charge in [0.1, 0.15) is 5.76 Å². The minimum absolute atomic E-state index is 0.117. The van der Waals surface area contributed by atoms with E-state index in [0.29, 0.717) is 6.04 Å². The Bertz CT molecular complexity index is 239. The Kier molecular flexibility index (Phi) is 3.15. The first-order valence-corrected chi connectivity index (χ1v) is 4.77. The Morgan fingerprint density at radius 2 is 2.23 bits per heavy atom. The zero-order valence-corrected chi connectivity index (χ0v) is 8.92. The largest absolute Gasteiger partial charge is 0.469 e. The second-order valence-electron chi connectivity index (χ2n) is 4.26. The predicted molar refractivity (Wildman–Crippen MR) is 54.9 cm³/mol. The van der Waals surface area contributed by atoms with Crippen LogP contribution in [-0.4, -0.2) is 13.1 Å². The Morgan fingerprint density at radius 3 is 2.69 bits per heavy atom. The van der Waals surface area contributed by atoms with E-state index in [1.54, 1.807) is 6.26 Å². The molecular formula is C11H19NO. The van der Waals surface area contributed by atoms with Gasteiger partial charge in [-0.3, -0.25) is 0 Å². The molecule has 0 saturated carbocycles. The summed E-state index contributed by atoms with van der Waals surface area (Å²) < 4.78 is 5.42. The molecule has 1 rings (SSSR count). The minimum Gasteiger partial charge on any atom is -0.469 e. The molecule has 1 unspecified atom stereocenters. The molecule has 13 heavy (non-hydrogen) atoms. The van der Waals surface area contributed by atoms with Crippen LogP contribution in [-0.2, 0) is 5.41 Å². The summed E-state index contributed by atoms with van der Waals surface area (Å²) in [6, 6.07) is 4.50. The van der Waals surface area contributed by atoms with Crippen LogP contribution in [0.3, 0.4) is 0 Å². The second-order valence-corrected chi connectivity index (χ2v) is 4.26. The lowest BCUT2D eigenvalue weighted by Crippen LogP contribution is -2.30. The van der Waals surface area contributed by atoms with Crippen LogP contribution in [0.15, 0.2) is 22.8 Å². The van der Waals surface area contributed by atoms with Crippen molar-refractivity contribution < 1.29 is 4.42 Å². The highest BCUT2D eigenvalue weighted by Gasteiger charge is 2.25. The summed E-state index contributed by atoms with van der Waals surface area (Å²) in [7, 11) is 1.99. The molecule has 0 amide bonds. The van der Waals surface area contributed by atoms with Gasteiger partial charge in [0.15, 0.2) is 0 Å². The fourth-order valence-electron chi connectivity index (χ4n) is 1.63. The van der Waals surface area contributed by atoms with E-state index in [2.05, 4.69) is 26.1 Å². The maximum Gasteiger partial charge on any atom is 0.109 e. The van der Waals surface area contributed by atoms with Crippen molar-refractivity contribution in [3.63, 3.8) is 0 Å². The van der Waals surface area contributed by atoms with Crippen LogP contribution in [0.1, 0.15) is 33.0 Å². The first kappa shape index (κ1) is 10.3. The summed E-state index contributed by atoms with van der Waals surface area (Å²) >= 11 is 0. The van der Waals surface area contributed by atoms with E-state index in [1.165, 1.54) is 0 Å². The van der Waals surface area contributed by atoms with E-state index < -0.39 is 0 Å². The van der Waals surface area contributed by atoms with Gasteiger partial charge in [0, 0.05) is 11.5 Å². The summed E-state index contributed by atoms with van der Waals surface area (Å²) in [5.74, 6) is 1.06. The van der Waals surface area contributed by atoms with E-state index in [0.717, 1.165) is 12.2 Å². The molecule has 0 fully saturated rings. The minimum atomic E-state index is 0.117. The molecule has 0 saturated heterocycles. The quantitative estimate of drug-likeness (QED) is 0.772. The van der Waals surface area contributed by atoms with E-state index in [-0.39, 0.29) is 5.41 Å². The van der Waals surface area contributed by atoms with E-state index in [9.17, 15) is 0 Å². The van der Waals surface area contributed by atoms with Crippen molar-refractivity contribution in [2.45, 2.75) is 38.6 Å². The van der Waals surface area contributed by atoms with Crippen LogP contribution >= 0.6 is 0 Å². The Morgan fingerprint density at radius 1 is 1.54 bits per heavy atom. The molecule has 0 radical (unpaired) electrons. The molecule has 74 valence electrons. The van der Waals surface area contributed by atoms with Crippen molar-refractivity contribution in [1.29, 1.82) is 0 Å². The third-order valence-electron chi connectivity index (χ3n) is 2.50. The van der Waals surface area contributed by atoms with Gasteiger partial charge in [0.05, 0.1) is 6.26 Å². The zero-order valence-electron chi connectivity index (χ0n) is 8.92. The van der Waals surface area contributed by atoms with Crippen LogP contribution in [0.25, 0.3) is 0 Å². The molecule has 2 heteroatoms. The SMILES string of the molecule is CNC(C)CC(C)(C)c1ccco1. The third-order valence-corrected chi connectivity index (χ3v) is 2.50. The number of nitrogens with one attached hydrogen (secondary N) is 1. The lowest BCUT2D eigenvalue weighted by molar-refractivity contribution is 0.332. The van der Waals surface area contributed by atoms with E-state index in [4.69, 9.17) is 4.42 Å². The molecule has 1 atom stereocenters. The molecule has 0 bridgehead atoms. The molecular weight excluding hydrogens is 162 g/mol. The molecule has 1 N–H and O–H groups in total. The van der Waals surface area contributed by atoms with Gasteiger partial charge in [-0.05, 0) is 32.5 Å². The topological polar surface area (TPSA) is 25.2 Å². The fraction of sp³-hybridized carbons (Fsp3) is 0.636. The van der Waals surface area contributed by atoms with Crippen molar-refractivity contribution in [2.75, 3.05) is 7.05 Å². The second kappa shape index (κ2) is 3.97. The maximum absolute atomic E-state index is 5.42. The van der Waals surface area contributed by atoms with E-state index in [1.807, 2.05) is 19.2 Å². The zero-order chi connectivity index (χ0) is 9.90. The predicted octanol–water partition coefficient (Wildman–Crippen LogP) is 2.56. The fourth-order valence-corrected chi connectivity index (χ4v) is 1.63. The van der Waals surface area contributed by atoms with Gasteiger partial charge < -0.3 is 9.73 Å². The van der Waals surface area contributed by atoms with Gasteiger partial charge in [-0.15, -0.1) is 0 Å². The lowest BCUT2D eigenvalue weighted by Gasteiger charge is -2.25. The highest BCUT2D eigenvalue weighted by Crippen LogP contribution is 2.28. The molecule has 1 aromatic heterocycles. The number of hydrogen-bond donors (Lipinski definition) is 1. The number of rotatable bonds is 4. The molecule has 1 heterocycles. The highest BCUT2D eigenvalue weighted by atomic mass is 16.3. The first-order chi connectivity index (χ1) is 6.06. The summed E-state index contributed by atoms with van der Waals surface area (Å²) in [6.07, 6.45) is 2.82. The van der Waals surface area contributed by atoms with Crippen LogP contribution in [0.4, 0.5) is 0 Å². The molecule has 0 aliphatic rings. The average molecular weight is 181 g/mol. The smallest absolute Gasteiger partial charge is 0.109 e. The van der Waals surface area contributed by atoms with Crippen LogP contribution < -0.4 is 5.32 Å². The molecule has 1 aromatic rings. The first-order valence-electron chi connectivity index (χ1n) is 4.77. The van der Waals surface area contributed by atoms with Gasteiger partial charge in [-0.1, -0.05) is 13.8 Å². The van der Waals surface area contributed by atoms with Gasteiger partial charge in [-0.25, -0.2) is 0 Å². The van der Waals surface area contributed by atoms with Crippen molar-refractivity contribution in [1.82, 2.24) is 5.32 Å². The standard InChI is InChI=1S/C11H19NO/c1-9(12-4)8-11(2,3)10-6-5-7-13-10/h5-7,9,12H,8H2,1-4H3. The Balaban J connectivity index is 2.66. The monoisotopic (exact) mass is 181 g/mol. The van der Waals surface area contributed by atoms with Crippen molar-refractivity contribution >= 4 is 0 Å². The van der Waals surface area contributed by atoms with Crippen LogP contribution in [0, 0.1) is 0 Å². The van der Waals surface area contributed by atoms with Crippen molar-refractivity contribution in [2.24, 2.45) is 0 Å². The van der Waals surface area contributed by atoms with Crippen LogP contribution in [0.5, 0.6) is 0 Å². The molecule has 0 aliphatic heterocycles. The van der Waals surface area contributed by atoms with Crippen LogP contribution in [0.2, 0.25) is 0 Å². The summed E-state index contributed by atoms with van der Waals surface area (Å²) in [4.78, 5) is 0. The van der Waals surface area contributed by atoms with Gasteiger partial charge in [0.25, 0.3) is 0 Å². The van der Waals surface area contributed by atoms with Gasteiger partial charge in [-0.2, -0.15) is 0 Å². The normalized spacial score (nSPS) is 14.5. The Hall–Kier alpha value is -0.760. The van der Waals surface area contributed by atoms with Crippen molar-refractivity contribution in [3.05, 3.63) is 24.2 Å². The molecule has 0 aliphatic carbocycles. The number of furan rings is 1. The lowest BCUT2D eigenvalue weighted by atomic mass is 9.84. The van der Waals surface area contributed by atoms with Gasteiger partial charge in [0.2, 0.25) is 0 Å². The molecule has 0 aromatic carbocycles. The Labute approximate surface area is 80.3 Å². The number of hydrogen-bond acceptors (Lipinski definition) is 2. The summed E-state index contributed by atoms with van der Waals surface area (Å²) in [6.45, 7) is 6.60. The molecule has 0 spiro atoms.